The number of aromatic hydroxyl groups is 1. The highest BCUT2D eigenvalue weighted by Crippen LogP contribution is 2.11. The van der Waals surface area contributed by atoms with Crippen LogP contribution in [0.25, 0.3) is 6.08 Å². The molecule has 102 valence electrons. The second-order valence-corrected chi connectivity index (χ2v) is 4.60. The Balaban J connectivity index is 1.75. The van der Waals surface area contributed by atoms with E-state index in [4.69, 9.17) is 9.84 Å². The molecule has 1 aliphatic rings. The molecular weight excluding hydrogens is 242 g/mol. The van der Waals surface area contributed by atoms with Crippen LogP contribution in [0.4, 0.5) is 0 Å². The van der Waals surface area contributed by atoms with Crippen molar-refractivity contribution in [2.75, 3.05) is 32.8 Å². The lowest BCUT2D eigenvalue weighted by Gasteiger charge is -2.25. The van der Waals surface area contributed by atoms with Gasteiger partial charge in [0, 0.05) is 26.1 Å². The molecule has 1 aromatic carbocycles. The van der Waals surface area contributed by atoms with Gasteiger partial charge in [-0.05, 0) is 23.8 Å². The molecule has 1 heterocycles. The van der Waals surface area contributed by atoms with Gasteiger partial charge >= 0.3 is 0 Å². The van der Waals surface area contributed by atoms with Gasteiger partial charge in [-0.15, -0.1) is 0 Å². The molecule has 0 spiro atoms. The minimum Gasteiger partial charge on any atom is -0.508 e. The van der Waals surface area contributed by atoms with Crippen LogP contribution < -0.4 is 0 Å². The first-order valence-electron chi connectivity index (χ1n) is 6.54. The van der Waals surface area contributed by atoms with Crippen molar-refractivity contribution in [2.24, 2.45) is 0 Å². The van der Waals surface area contributed by atoms with Gasteiger partial charge in [0.25, 0.3) is 0 Å². The van der Waals surface area contributed by atoms with Crippen molar-refractivity contribution in [3.63, 3.8) is 0 Å². The first-order chi connectivity index (χ1) is 9.24. The molecule has 1 N–H and O–H groups in total. The van der Waals surface area contributed by atoms with Gasteiger partial charge in [0.15, 0.2) is 5.78 Å². The van der Waals surface area contributed by atoms with E-state index < -0.39 is 0 Å². The van der Waals surface area contributed by atoms with Gasteiger partial charge in [0.1, 0.15) is 5.75 Å². The number of benzene rings is 1. The zero-order valence-electron chi connectivity index (χ0n) is 10.9. The lowest BCUT2D eigenvalue weighted by atomic mass is 10.1. The molecule has 0 aliphatic carbocycles. The monoisotopic (exact) mass is 261 g/mol. The summed E-state index contributed by atoms with van der Waals surface area (Å²) in [6.45, 7) is 4.14. The van der Waals surface area contributed by atoms with Gasteiger partial charge in [-0.1, -0.05) is 18.2 Å². The van der Waals surface area contributed by atoms with E-state index in [-0.39, 0.29) is 11.5 Å². The van der Waals surface area contributed by atoms with E-state index in [1.807, 2.05) is 0 Å². The minimum absolute atomic E-state index is 0.125. The first-order valence-corrected chi connectivity index (χ1v) is 6.54. The van der Waals surface area contributed by atoms with E-state index in [1.54, 1.807) is 36.4 Å². The molecule has 19 heavy (non-hydrogen) atoms. The fourth-order valence-corrected chi connectivity index (χ4v) is 1.95. The number of carbonyl (C=O) groups excluding carboxylic acids is 1. The molecular formula is C15H19NO3. The smallest absolute Gasteiger partial charge is 0.156 e. The molecule has 4 heteroatoms. The highest BCUT2D eigenvalue weighted by molar-refractivity contribution is 5.93. The quantitative estimate of drug-likeness (QED) is 0.820. The van der Waals surface area contributed by atoms with Crippen LogP contribution in [0, 0.1) is 0 Å². The van der Waals surface area contributed by atoms with Gasteiger partial charge in [-0.25, -0.2) is 0 Å². The molecule has 1 aliphatic heterocycles. The van der Waals surface area contributed by atoms with Gasteiger partial charge in [0.05, 0.1) is 13.2 Å². The summed E-state index contributed by atoms with van der Waals surface area (Å²) in [5, 5.41) is 9.16. The number of rotatable bonds is 5. The van der Waals surface area contributed by atoms with Crippen LogP contribution in [-0.2, 0) is 9.53 Å². The van der Waals surface area contributed by atoms with Crippen LogP contribution >= 0.6 is 0 Å². The predicted octanol–water partition coefficient (Wildman–Crippen LogP) is 1.70. The summed E-state index contributed by atoms with van der Waals surface area (Å²) in [5.41, 5.74) is 0.914. The van der Waals surface area contributed by atoms with Crippen LogP contribution in [0.2, 0.25) is 0 Å². The fourth-order valence-electron chi connectivity index (χ4n) is 1.95. The maximum Gasteiger partial charge on any atom is 0.156 e. The molecule has 0 radical (unpaired) electrons. The van der Waals surface area contributed by atoms with E-state index in [9.17, 15) is 4.79 Å². The number of ether oxygens (including phenoxy) is 1. The Morgan fingerprint density at radius 2 is 1.95 bits per heavy atom. The van der Waals surface area contributed by atoms with Crippen LogP contribution in [-0.4, -0.2) is 48.6 Å². The van der Waals surface area contributed by atoms with Crippen molar-refractivity contribution < 1.29 is 14.6 Å². The van der Waals surface area contributed by atoms with Gasteiger partial charge < -0.3 is 9.84 Å². The van der Waals surface area contributed by atoms with Crippen molar-refractivity contribution in [1.82, 2.24) is 4.90 Å². The van der Waals surface area contributed by atoms with Gasteiger partial charge in [-0.3, -0.25) is 9.69 Å². The molecule has 0 atom stereocenters. The van der Waals surface area contributed by atoms with E-state index in [2.05, 4.69) is 4.90 Å². The Hall–Kier alpha value is -1.65. The highest BCUT2D eigenvalue weighted by Gasteiger charge is 2.10. The Morgan fingerprint density at radius 3 is 2.63 bits per heavy atom. The second kappa shape index (κ2) is 7.07. The van der Waals surface area contributed by atoms with Crippen LogP contribution in [0.3, 0.4) is 0 Å². The van der Waals surface area contributed by atoms with Crippen LogP contribution in [0.5, 0.6) is 5.75 Å². The molecule has 1 aromatic rings. The Morgan fingerprint density at radius 1 is 1.26 bits per heavy atom. The molecule has 1 saturated heterocycles. The number of phenolic OH excluding ortho intramolecular Hbond substituents is 1. The maximum atomic E-state index is 11.7. The largest absolute Gasteiger partial charge is 0.508 e. The number of phenols is 1. The highest BCUT2D eigenvalue weighted by atomic mass is 16.5. The summed E-state index contributed by atoms with van der Waals surface area (Å²) in [7, 11) is 0. The summed E-state index contributed by atoms with van der Waals surface area (Å²) in [6, 6.07) is 6.78. The number of hydrogen-bond donors (Lipinski definition) is 1. The lowest BCUT2D eigenvalue weighted by Crippen LogP contribution is -2.37. The number of nitrogens with zero attached hydrogens (tertiary/aromatic N) is 1. The minimum atomic E-state index is 0.125. The third-order valence-corrected chi connectivity index (χ3v) is 3.13. The molecule has 0 amide bonds. The van der Waals surface area contributed by atoms with Crippen molar-refractivity contribution >= 4 is 11.9 Å². The van der Waals surface area contributed by atoms with Crippen molar-refractivity contribution in [3.8, 4) is 5.75 Å². The zero-order valence-corrected chi connectivity index (χ0v) is 10.9. The molecule has 0 bridgehead atoms. The fraction of sp³-hybridized carbons (Fsp3) is 0.400. The predicted molar refractivity (Wildman–Crippen MR) is 74.0 cm³/mol. The summed E-state index contributed by atoms with van der Waals surface area (Å²) in [4.78, 5) is 14.0. The average Bonchev–Trinajstić information content (AvgIpc) is 2.45. The van der Waals surface area contributed by atoms with Crippen molar-refractivity contribution in [3.05, 3.63) is 35.9 Å². The molecule has 0 aromatic heterocycles. The molecule has 1 fully saturated rings. The summed E-state index contributed by atoms with van der Waals surface area (Å²) >= 11 is 0. The van der Waals surface area contributed by atoms with E-state index >= 15 is 0 Å². The first kappa shape index (κ1) is 13.8. The normalized spacial score (nSPS) is 16.8. The second-order valence-electron chi connectivity index (χ2n) is 4.60. The molecule has 4 nitrogen and oxygen atoms in total. The number of carbonyl (C=O) groups is 1. The Bertz CT molecular complexity index is 433. The number of hydrogen-bond acceptors (Lipinski definition) is 4. The third kappa shape index (κ3) is 4.85. The SMILES string of the molecule is O=C(/C=C/c1ccc(O)cc1)CCN1CCOCC1. The van der Waals surface area contributed by atoms with Crippen molar-refractivity contribution in [2.45, 2.75) is 6.42 Å². The molecule has 2 rings (SSSR count). The lowest BCUT2D eigenvalue weighted by molar-refractivity contribution is -0.115. The Kier molecular flexibility index (Phi) is 5.12. The van der Waals surface area contributed by atoms with Gasteiger partial charge in [0.2, 0.25) is 0 Å². The van der Waals surface area contributed by atoms with E-state index in [0.29, 0.717) is 6.42 Å². The zero-order chi connectivity index (χ0) is 13.5. The number of morpholine rings is 1. The molecule has 0 saturated carbocycles. The summed E-state index contributed by atoms with van der Waals surface area (Å²) < 4.78 is 5.26. The third-order valence-electron chi connectivity index (χ3n) is 3.13. The summed E-state index contributed by atoms with van der Waals surface area (Å²) in [5.74, 6) is 0.357. The van der Waals surface area contributed by atoms with Crippen LogP contribution in [0.15, 0.2) is 30.3 Å². The average molecular weight is 261 g/mol. The number of ketones is 1. The summed E-state index contributed by atoms with van der Waals surface area (Å²) in [6.07, 6.45) is 3.92. The van der Waals surface area contributed by atoms with E-state index in [0.717, 1.165) is 38.4 Å². The number of allylic oxidation sites excluding steroid dienone is 1. The Labute approximate surface area is 113 Å². The standard InChI is InChI=1S/C15H19NO3/c17-14-4-1-13(2-5-14)3-6-15(18)7-8-16-9-11-19-12-10-16/h1-6,17H,7-12H2/b6-3+. The van der Waals surface area contributed by atoms with Gasteiger partial charge in [-0.2, -0.15) is 0 Å². The van der Waals surface area contributed by atoms with Crippen LogP contribution in [0.1, 0.15) is 12.0 Å². The maximum absolute atomic E-state index is 11.7. The topological polar surface area (TPSA) is 49.8 Å². The van der Waals surface area contributed by atoms with Crippen molar-refractivity contribution in [1.29, 1.82) is 0 Å². The van der Waals surface area contributed by atoms with E-state index in [1.165, 1.54) is 0 Å². The molecule has 0 unspecified atom stereocenters.